The fourth-order valence-corrected chi connectivity index (χ4v) is 3.22. The lowest BCUT2D eigenvalue weighted by atomic mass is 10.3. The van der Waals surface area contributed by atoms with E-state index in [1.807, 2.05) is 47.8 Å². The molecular weight excluding hydrogens is 378 g/mol. The molecule has 0 radical (unpaired) electrons. The molecule has 3 aromatic rings. The number of benzene rings is 1. The molecule has 0 aliphatic heterocycles. The highest BCUT2D eigenvalue weighted by atomic mass is 32.1. The first kappa shape index (κ1) is 19.8. The first-order valence-electron chi connectivity index (χ1n) is 8.81. The highest BCUT2D eigenvalue weighted by molar-refractivity contribution is 7.13. The molecule has 0 bridgehead atoms. The van der Waals surface area contributed by atoms with Gasteiger partial charge in [0, 0.05) is 26.3 Å². The lowest BCUT2D eigenvalue weighted by molar-refractivity contribution is -0.124. The van der Waals surface area contributed by atoms with Gasteiger partial charge in [0.1, 0.15) is 5.69 Å². The van der Waals surface area contributed by atoms with Crippen molar-refractivity contribution in [2.24, 2.45) is 0 Å². The number of ether oxygens (including phenoxy) is 2. The number of carbonyl (C=O) groups is 2. The van der Waals surface area contributed by atoms with Gasteiger partial charge >= 0.3 is 5.97 Å². The summed E-state index contributed by atoms with van der Waals surface area (Å²) < 4.78 is 11.7. The van der Waals surface area contributed by atoms with Crippen molar-refractivity contribution in [2.45, 2.75) is 6.42 Å². The van der Waals surface area contributed by atoms with Crippen LogP contribution in [0, 0.1) is 0 Å². The lowest BCUT2D eigenvalue weighted by Crippen LogP contribution is -2.30. The molecule has 2 heterocycles. The zero-order chi connectivity index (χ0) is 19.8. The van der Waals surface area contributed by atoms with E-state index in [4.69, 9.17) is 9.47 Å². The van der Waals surface area contributed by atoms with Crippen molar-refractivity contribution in [3.63, 3.8) is 0 Å². The maximum atomic E-state index is 12.6. The predicted octanol–water partition coefficient (Wildman–Crippen LogP) is 2.91. The quantitative estimate of drug-likeness (QED) is 0.442. The minimum Gasteiger partial charge on any atom is -0.451 e. The Hall–Kier alpha value is -2.97. The number of hydrogen-bond donors (Lipinski definition) is 1. The van der Waals surface area contributed by atoms with Crippen LogP contribution in [-0.4, -0.2) is 48.5 Å². The summed E-state index contributed by atoms with van der Waals surface area (Å²) in [6.45, 7) is 0.677. The van der Waals surface area contributed by atoms with Crippen molar-refractivity contribution in [2.75, 3.05) is 26.9 Å². The molecule has 28 heavy (non-hydrogen) atoms. The zero-order valence-corrected chi connectivity index (χ0v) is 16.3. The Kier molecular flexibility index (Phi) is 6.94. The number of thiophene rings is 1. The highest BCUT2D eigenvalue weighted by Gasteiger charge is 2.20. The van der Waals surface area contributed by atoms with Crippen LogP contribution < -0.4 is 5.32 Å². The maximum Gasteiger partial charge on any atom is 0.357 e. The largest absolute Gasteiger partial charge is 0.451 e. The number of nitrogens with zero attached hydrogens (tertiary/aromatic N) is 2. The Morgan fingerprint density at radius 1 is 1.18 bits per heavy atom. The first-order chi connectivity index (χ1) is 13.7. The second-order valence-electron chi connectivity index (χ2n) is 5.91. The number of rotatable bonds is 9. The molecule has 2 aromatic heterocycles. The normalized spacial score (nSPS) is 10.6. The Balaban J connectivity index is 1.73. The Bertz CT molecular complexity index is 907. The first-order valence-corrected chi connectivity index (χ1v) is 9.69. The molecule has 146 valence electrons. The summed E-state index contributed by atoms with van der Waals surface area (Å²) in [7, 11) is 1.60. The summed E-state index contributed by atoms with van der Waals surface area (Å²) in [5.41, 5.74) is 1.68. The standard InChI is InChI=1S/C20H21N3O4S/c1-26-11-6-10-21-19(24)14-27-20(25)17-13-16(18-9-5-12-28-18)22-23(17)15-7-3-2-4-8-15/h2-5,7-9,12-13H,6,10-11,14H2,1H3,(H,21,24). The number of methoxy groups -OCH3 is 1. The zero-order valence-electron chi connectivity index (χ0n) is 15.5. The second-order valence-corrected chi connectivity index (χ2v) is 6.86. The van der Waals surface area contributed by atoms with Crippen LogP contribution in [0.3, 0.4) is 0 Å². The van der Waals surface area contributed by atoms with Crippen LogP contribution in [0.1, 0.15) is 16.9 Å². The van der Waals surface area contributed by atoms with E-state index in [9.17, 15) is 9.59 Å². The van der Waals surface area contributed by atoms with Gasteiger partial charge in [0.2, 0.25) is 0 Å². The van der Waals surface area contributed by atoms with Crippen LogP contribution in [0.25, 0.3) is 16.3 Å². The molecule has 0 fully saturated rings. The van der Waals surface area contributed by atoms with Crippen molar-refractivity contribution < 1.29 is 19.1 Å². The maximum absolute atomic E-state index is 12.6. The molecule has 0 atom stereocenters. The van der Waals surface area contributed by atoms with Gasteiger partial charge in [-0.15, -0.1) is 11.3 Å². The van der Waals surface area contributed by atoms with Gasteiger partial charge < -0.3 is 14.8 Å². The van der Waals surface area contributed by atoms with Gasteiger partial charge in [0.15, 0.2) is 12.3 Å². The Labute approximate surface area is 166 Å². The Morgan fingerprint density at radius 2 is 2.00 bits per heavy atom. The molecule has 0 aliphatic carbocycles. The number of hydrogen-bond acceptors (Lipinski definition) is 6. The average Bonchev–Trinajstić information content (AvgIpc) is 3.40. The summed E-state index contributed by atoms with van der Waals surface area (Å²) in [6.07, 6.45) is 0.696. The number of para-hydroxylation sites is 1. The van der Waals surface area contributed by atoms with E-state index >= 15 is 0 Å². The number of nitrogens with one attached hydrogen (secondary N) is 1. The van der Waals surface area contributed by atoms with Gasteiger partial charge in [0.25, 0.3) is 5.91 Å². The molecule has 1 aromatic carbocycles. The van der Waals surface area contributed by atoms with Crippen molar-refractivity contribution >= 4 is 23.2 Å². The SMILES string of the molecule is COCCCNC(=O)COC(=O)c1cc(-c2cccs2)nn1-c1ccccc1. The smallest absolute Gasteiger partial charge is 0.357 e. The molecule has 3 rings (SSSR count). The van der Waals surface area contributed by atoms with Crippen LogP contribution in [0.4, 0.5) is 0 Å². The molecule has 0 aliphatic rings. The molecule has 7 nitrogen and oxygen atoms in total. The van der Waals surface area contributed by atoms with Gasteiger partial charge in [-0.05, 0) is 30.0 Å². The molecule has 0 saturated carbocycles. The van der Waals surface area contributed by atoms with Crippen LogP contribution >= 0.6 is 11.3 Å². The monoisotopic (exact) mass is 399 g/mol. The van der Waals surface area contributed by atoms with E-state index in [0.29, 0.717) is 25.3 Å². The third-order valence-electron chi connectivity index (χ3n) is 3.87. The fraction of sp³-hybridized carbons (Fsp3) is 0.250. The van der Waals surface area contributed by atoms with E-state index < -0.39 is 5.97 Å². The number of esters is 1. The van der Waals surface area contributed by atoms with E-state index in [2.05, 4.69) is 10.4 Å². The minimum absolute atomic E-state index is 0.266. The summed E-state index contributed by atoms with van der Waals surface area (Å²) in [5, 5.41) is 9.18. The average molecular weight is 399 g/mol. The number of aromatic nitrogens is 2. The second kappa shape index (κ2) is 9.82. The lowest BCUT2D eigenvalue weighted by Gasteiger charge is -2.08. The minimum atomic E-state index is -0.605. The highest BCUT2D eigenvalue weighted by Crippen LogP contribution is 2.26. The van der Waals surface area contributed by atoms with Crippen LogP contribution in [0.5, 0.6) is 0 Å². The third-order valence-corrected chi connectivity index (χ3v) is 4.77. The van der Waals surface area contributed by atoms with Gasteiger partial charge in [-0.25, -0.2) is 9.48 Å². The van der Waals surface area contributed by atoms with Gasteiger partial charge in [-0.3, -0.25) is 4.79 Å². The van der Waals surface area contributed by atoms with E-state index in [-0.39, 0.29) is 18.2 Å². The molecule has 0 saturated heterocycles. The molecule has 1 N–H and O–H groups in total. The van der Waals surface area contributed by atoms with Crippen LogP contribution in [0.15, 0.2) is 53.9 Å². The molecular formula is C20H21N3O4S. The topological polar surface area (TPSA) is 82.4 Å². The van der Waals surface area contributed by atoms with Crippen molar-refractivity contribution in [3.8, 4) is 16.3 Å². The van der Waals surface area contributed by atoms with Crippen molar-refractivity contribution in [1.82, 2.24) is 15.1 Å². The summed E-state index contributed by atoms with van der Waals surface area (Å²) >= 11 is 1.53. The summed E-state index contributed by atoms with van der Waals surface area (Å²) in [4.78, 5) is 25.4. The van der Waals surface area contributed by atoms with Gasteiger partial charge in [0.05, 0.1) is 10.6 Å². The van der Waals surface area contributed by atoms with Crippen LogP contribution in [-0.2, 0) is 14.3 Å². The predicted molar refractivity (Wildman–Crippen MR) is 107 cm³/mol. The van der Waals surface area contributed by atoms with E-state index in [1.165, 1.54) is 16.0 Å². The number of carbonyl (C=O) groups excluding carboxylic acids is 2. The van der Waals surface area contributed by atoms with Crippen molar-refractivity contribution in [3.05, 3.63) is 59.6 Å². The van der Waals surface area contributed by atoms with Crippen molar-refractivity contribution in [1.29, 1.82) is 0 Å². The molecule has 8 heteroatoms. The summed E-state index contributed by atoms with van der Waals surface area (Å²) in [5.74, 6) is -0.958. The number of amides is 1. The van der Waals surface area contributed by atoms with Gasteiger partial charge in [-0.1, -0.05) is 24.3 Å². The van der Waals surface area contributed by atoms with Crippen LogP contribution in [0.2, 0.25) is 0 Å². The van der Waals surface area contributed by atoms with Gasteiger partial charge in [-0.2, -0.15) is 5.10 Å². The third kappa shape index (κ3) is 5.05. The van der Waals surface area contributed by atoms with E-state index in [0.717, 1.165) is 10.6 Å². The fourth-order valence-electron chi connectivity index (χ4n) is 2.54. The van der Waals surface area contributed by atoms with E-state index in [1.54, 1.807) is 13.2 Å². The Morgan fingerprint density at radius 3 is 2.71 bits per heavy atom. The molecule has 1 amide bonds. The molecule has 0 spiro atoms. The molecule has 0 unspecified atom stereocenters. The summed E-state index contributed by atoms with van der Waals surface area (Å²) in [6, 6.07) is 14.9.